The number of nitrogens with two attached hydrogens (primary N) is 1. The number of likely N-dealkylation sites (N-methyl/N-ethyl adjacent to an activating group) is 1. The van der Waals surface area contributed by atoms with Gasteiger partial charge in [0.15, 0.2) is 23.8 Å². The lowest BCUT2D eigenvalue weighted by Crippen LogP contribution is -2.47. The van der Waals surface area contributed by atoms with E-state index in [-0.39, 0.29) is 5.82 Å². The van der Waals surface area contributed by atoms with Gasteiger partial charge in [-0.25, -0.2) is 15.0 Å². The number of amides is 1. The number of carbonyl (C=O) groups is 1. The summed E-state index contributed by atoms with van der Waals surface area (Å²) in [6.45, 7) is 2.02. The lowest BCUT2D eigenvalue weighted by molar-refractivity contribution is -0.143. The largest absolute Gasteiger partial charge is 0.387 e. The molecule has 3 heterocycles. The van der Waals surface area contributed by atoms with Gasteiger partial charge in [-0.05, 0) is 19.3 Å². The van der Waals surface area contributed by atoms with Crippen LogP contribution in [-0.2, 0) is 16.0 Å². The van der Waals surface area contributed by atoms with Crippen LogP contribution in [0.3, 0.4) is 0 Å². The molecular formula is C20H30N6O5. The number of hydrogen-bond donors (Lipinski definition) is 5. The van der Waals surface area contributed by atoms with Crippen molar-refractivity contribution in [3.8, 4) is 0 Å². The van der Waals surface area contributed by atoms with E-state index in [1.165, 1.54) is 36.6 Å². The topological polar surface area (TPSA) is 169 Å². The van der Waals surface area contributed by atoms with Crippen molar-refractivity contribution in [3.05, 3.63) is 12.2 Å². The summed E-state index contributed by atoms with van der Waals surface area (Å²) in [6, 6.07) is 0. The summed E-state index contributed by atoms with van der Waals surface area (Å²) >= 11 is 0. The highest BCUT2D eigenvalue weighted by atomic mass is 16.6. The molecule has 1 aliphatic heterocycles. The Morgan fingerprint density at radius 1 is 1.32 bits per heavy atom. The molecule has 2 aromatic heterocycles. The van der Waals surface area contributed by atoms with E-state index in [1.54, 1.807) is 6.92 Å². The number of nitrogens with one attached hydrogen (secondary N) is 1. The Balaban J connectivity index is 1.57. The maximum absolute atomic E-state index is 12.0. The van der Waals surface area contributed by atoms with E-state index >= 15 is 0 Å². The van der Waals surface area contributed by atoms with Crippen LogP contribution in [0.15, 0.2) is 6.33 Å². The zero-order valence-electron chi connectivity index (χ0n) is 17.5. The minimum atomic E-state index is -1.63. The van der Waals surface area contributed by atoms with Gasteiger partial charge in [0.2, 0.25) is 0 Å². The van der Waals surface area contributed by atoms with E-state index < -0.39 is 36.6 Å². The number of aromatic nitrogens is 4. The summed E-state index contributed by atoms with van der Waals surface area (Å²) in [7, 11) is 0. The summed E-state index contributed by atoms with van der Waals surface area (Å²) < 4.78 is 7.16. The molecule has 1 unspecified atom stereocenters. The van der Waals surface area contributed by atoms with Gasteiger partial charge in [0.1, 0.15) is 29.7 Å². The first-order chi connectivity index (χ1) is 14.9. The van der Waals surface area contributed by atoms with Crippen molar-refractivity contribution in [2.75, 3.05) is 12.3 Å². The third-order valence-corrected chi connectivity index (χ3v) is 6.23. The van der Waals surface area contributed by atoms with Gasteiger partial charge in [-0.1, -0.05) is 25.7 Å². The molecule has 0 aromatic carbocycles. The van der Waals surface area contributed by atoms with E-state index in [2.05, 4.69) is 20.3 Å². The van der Waals surface area contributed by atoms with Crippen molar-refractivity contribution in [1.82, 2.24) is 24.8 Å². The van der Waals surface area contributed by atoms with Gasteiger partial charge < -0.3 is 31.1 Å². The smallest absolute Gasteiger partial charge is 0.251 e. The van der Waals surface area contributed by atoms with Crippen LogP contribution in [-0.4, -0.2) is 71.7 Å². The fourth-order valence-corrected chi connectivity index (χ4v) is 4.52. The van der Waals surface area contributed by atoms with Gasteiger partial charge in [0, 0.05) is 13.0 Å². The second-order valence-electron chi connectivity index (χ2n) is 8.35. The molecule has 0 radical (unpaired) electrons. The third-order valence-electron chi connectivity index (χ3n) is 6.23. The molecule has 0 spiro atoms. The maximum Gasteiger partial charge on any atom is 0.251 e. The molecule has 4 rings (SSSR count). The van der Waals surface area contributed by atoms with Crippen molar-refractivity contribution in [2.45, 2.75) is 76.1 Å². The monoisotopic (exact) mass is 434 g/mol. The molecule has 2 aromatic rings. The normalized spacial score (nSPS) is 27.7. The maximum atomic E-state index is 12.0. The molecule has 11 heteroatoms. The van der Waals surface area contributed by atoms with Gasteiger partial charge in [-0.2, -0.15) is 0 Å². The molecule has 2 aliphatic rings. The fraction of sp³-hybridized carbons (Fsp3) is 0.700. The van der Waals surface area contributed by atoms with E-state index in [9.17, 15) is 20.1 Å². The van der Waals surface area contributed by atoms with E-state index in [1.807, 2.05) is 0 Å². The molecule has 5 atom stereocenters. The number of nitrogen functional groups attached to an aromatic ring is 1. The van der Waals surface area contributed by atoms with E-state index in [0.717, 1.165) is 6.42 Å². The Kier molecular flexibility index (Phi) is 6.37. The number of fused-ring (bicyclic) bond motifs is 1. The summed E-state index contributed by atoms with van der Waals surface area (Å²) in [5, 5.41) is 33.7. The Labute approximate surface area is 179 Å². The summed E-state index contributed by atoms with van der Waals surface area (Å²) in [5.74, 6) is 0.815. The standard InChI is InChI=1S/C20H30N6O5/c1-2-22-19(30)15(29)16-13(27)14(28)20(31-16)26-9-23-12-17(21)24-11(25-18(12)26)8-7-10-5-3-4-6-10/h9-10,13-16,20,27-29H,2-8H2,1H3,(H,22,30)(H2,21,24,25)/t13-,14+,15?,16-,20+/m0/s1. The number of hydrogen-bond acceptors (Lipinski definition) is 9. The first-order valence-electron chi connectivity index (χ1n) is 10.9. The van der Waals surface area contributed by atoms with E-state index in [0.29, 0.717) is 35.9 Å². The molecule has 170 valence electrons. The van der Waals surface area contributed by atoms with Crippen molar-refractivity contribution < 1.29 is 24.9 Å². The van der Waals surface area contributed by atoms with Gasteiger partial charge in [0.25, 0.3) is 5.91 Å². The third kappa shape index (κ3) is 4.22. The molecule has 1 aliphatic carbocycles. The number of aliphatic hydroxyl groups excluding tert-OH is 3. The van der Waals surface area contributed by atoms with Crippen molar-refractivity contribution in [1.29, 1.82) is 0 Å². The predicted molar refractivity (Wildman–Crippen MR) is 111 cm³/mol. The van der Waals surface area contributed by atoms with Crippen molar-refractivity contribution in [2.24, 2.45) is 5.92 Å². The van der Waals surface area contributed by atoms with Crippen LogP contribution in [0.1, 0.15) is 51.1 Å². The Bertz CT molecular complexity index is 930. The van der Waals surface area contributed by atoms with Crippen LogP contribution in [0.5, 0.6) is 0 Å². The minimum Gasteiger partial charge on any atom is -0.387 e. The summed E-state index contributed by atoms with van der Waals surface area (Å²) in [6.07, 6.45) is 1.16. The van der Waals surface area contributed by atoms with Crippen molar-refractivity contribution in [3.63, 3.8) is 0 Å². The molecule has 2 fully saturated rings. The minimum absolute atomic E-state index is 0.233. The SMILES string of the molecule is CCNC(=O)C(O)[C@H]1O[C@@H](n2cnc3c(N)nc(CCC4CCCC4)nc32)[C@H](O)[C@@H]1O. The second kappa shape index (κ2) is 9.03. The van der Waals surface area contributed by atoms with Crippen LogP contribution in [0.25, 0.3) is 11.2 Å². The molecule has 1 saturated heterocycles. The highest BCUT2D eigenvalue weighted by Crippen LogP contribution is 2.34. The number of anilines is 1. The van der Waals surface area contributed by atoms with Gasteiger partial charge in [-0.3, -0.25) is 9.36 Å². The zero-order chi connectivity index (χ0) is 22.1. The first-order valence-corrected chi connectivity index (χ1v) is 10.9. The Morgan fingerprint density at radius 3 is 2.77 bits per heavy atom. The molecule has 31 heavy (non-hydrogen) atoms. The summed E-state index contributed by atoms with van der Waals surface area (Å²) in [4.78, 5) is 25.2. The van der Waals surface area contributed by atoms with Crippen molar-refractivity contribution >= 4 is 22.9 Å². The van der Waals surface area contributed by atoms with E-state index in [4.69, 9.17) is 10.5 Å². The fourth-order valence-electron chi connectivity index (χ4n) is 4.52. The predicted octanol–water partition coefficient (Wildman–Crippen LogP) is -0.352. The molecule has 0 bridgehead atoms. The van der Waals surface area contributed by atoms with Crippen LogP contribution in [0.4, 0.5) is 5.82 Å². The number of ether oxygens (including phenoxy) is 1. The van der Waals surface area contributed by atoms with Crippen LogP contribution in [0, 0.1) is 5.92 Å². The van der Waals surface area contributed by atoms with Crippen LogP contribution >= 0.6 is 0 Å². The highest BCUT2D eigenvalue weighted by molar-refractivity contribution is 5.82. The second-order valence-corrected chi connectivity index (χ2v) is 8.35. The zero-order valence-corrected chi connectivity index (χ0v) is 17.5. The molecule has 6 N–H and O–H groups in total. The highest BCUT2D eigenvalue weighted by Gasteiger charge is 2.49. The lowest BCUT2D eigenvalue weighted by Gasteiger charge is -2.20. The number of rotatable bonds is 7. The molecular weight excluding hydrogens is 404 g/mol. The number of carbonyl (C=O) groups excluding carboxylic acids is 1. The number of aliphatic hydroxyl groups is 3. The molecule has 1 amide bonds. The molecule has 11 nitrogen and oxygen atoms in total. The van der Waals surface area contributed by atoms with Gasteiger partial charge >= 0.3 is 0 Å². The average molecular weight is 434 g/mol. The lowest BCUT2D eigenvalue weighted by atomic mass is 10.0. The Morgan fingerprint density at radius 2 is 2.06 bits per heavy atom. The quantitative estimate of drug-likeness (QED) is 0.391. The summed E-state index contributed by atoms with van der Waals surface area (Å²) in [5.41, 5.74) is 6.83. The van der Waals surface area contributed by atoms with Gasteiger partial charge in [0.05, 0.1) is 6.33 Å². The Hall–Kier alpha value is -2.34. The van der Waals surface area contributed by atoms with Crippen LogP contribution < -0.4 is 11.1 Å². The van der Waals surface area contributed by atoms with Gasteiger partial charge in [-0.15, -0.1) is 0 Å². The number of nitrogens with zero attached hydrogens (tertiary/aromatic N) is 4. The molecule has 1 saturated carbocycles. The van der Waals surface area contributed by atoms with Crippen LogP contribution in [0.2, 0.25) is 0 Å². The number of imidazole rings is 1. The first kappa shape index (κ1) is 21.9. The average Bonchev–Trinajstić information content (AvgIpc) is 3.47. The number of aryl methyl sites for hydroxylation is 1.